The molecule has 1 aliphatic rings. The van der Waals surface area contributed by atoms with E-state index in [1.165, 1.54) is 6.07 Å². The van der Waals surface area contributed by atoms with Crippen LogP contribution in [-0.4, -0.2) is 33.1 Å². The molecule has 1 aliphatic heterocycles. The van der Waals surface area contributed by atoms with Gasteiger partial charge in [0, 0.05) is 31.0 Å². The Labute approximate surface area is 139 Å². The molecule has 0 aliphatic carbocycles. The zero-order chi connectivity index (χ0) is 16.4. The standard InChI is InChI=1S/C18H17FN4O/c19-16-3-1-2-13(10-16)11-23-9-6-15(12-23)18-21-17(22-24-18)14-4-7-20-8-5-14/h1-5,7-8,10,15H,6,9,11-12H2. The van der Waals surface area contributed by atoms with Crippen molar-refractivity contribution in [2.75, 3.05) is 13.1 Å². The Bertz CT molecular complexity index is 821. The van der Waals surface area contributed by atoms with E-state index in [1.807, 2.05) is 18.2 Å². The van der Waals surface area contributed by atoms with Gasteiger partial charge in [-0.05, 0) is 42.8 Å². The fourth-order valence-electron chi connectivity index (χ4n) is 3.09. The lowest BCUT2D eigenvalue weighted by Crippen LogP contribution is -2.19. The lowest BCUT2D eigenvalue weighted by molar-refractivity contribution is 0.309. The molecule has 6 heteroatoms. The maximum absolute atomic E-state index is 13.3. The molecule has 1 saturated heterocycles. The predicted molar refractivity (Wildman–Crippen MR) is 86.6 cm³/mol. The molecule has 1 aromatic carbocycles. The maximum Gasteiger partial charge on any atom is 0.231 e. The van der Waals surface area contributed by atoms with Gasteiger partial charge in [-0.25, -0.2) is 4.39 Å². The summed E-state index contributed by atoms with van der Waals surface area (Å²) in [5, 5.41) is 4.07. The first-order valence-electron chi connectivity index (χ1n) is 7.99. The maximum atomic E-state index is 13.3. The number of benzene rings is 1. The average Bonchev–Trinajstić information content (AvgIpc) is 3.25. The molecule has 0 radical (unpaired) electrons. The van der Waals surface area contributed by atoms with Gasteiger partial charge in [0.1, 0.15) is 5.82 Å². The van der Waals surface area contributed by atoms with E-state index in [0.717, 1.165) is 37.2 Å². The average molecular weight is 324 g/mol. The lowest BCUT2D eigenvalue weighted by atomic mass is 10.1. The molecule has 2 aromatic heterocycles. The van der Waals surface area contributed by atoms with Crippen LogP contribution >= 0.6 is 0 Å². The lowest BCUT2D eigenvalue weighted by Gasteiger charge is -2.15. The minimum absolute atomic E-state index is 0.192. The Kier molecular flexibility index (Phi) is 4.04. The second-order valence-corrected chi connectivity index (χ2v) is 6.04. The molecule has 0 N–H and O–H groups in total. The van der Waals surface area contributed by atoms with Gasteiger partial charge in [-0.2, -0.15) is 4.98 Å². The number of rotatable bonds is 4. The quantitative estimate of drug-likeness (QED) is 0.737. The molecule has 3 aromatic rings. The van der Waals surface area contributed by atoms with Gasteiger partial charge in [-0.3, -0.25) is 9.88 Å². The normalized spacial score (nSPS) is 18.1. The van der Waals surface area contributed by atoms with E-state index in [0.29, 0.717) is 11.7 Å². The van der Waals surface area contributed by atoms with Crippen LogP contribution in [0.1, 0.15) is 23.8 Å². The van der Waals surface area contributed by atoms with Crippen molar-refractivity contribution < 1.29 is 8.91 Å². The minimum atomic E-state index is -0.192. The SMILES string of the molecule is Fc1cccc(CN2CCC(c3nc(-c4ccncc4)no3)C2)c1. The van der Waals surface area contributed by atoms with Crippen LogP contribution in [0.25, 0.3) is 11.4 Å². The third-order valence-corrected chi connectivity index (χ3v) is 4.30. The smallest absolute Gasteiger partial charge is 0.231 e. The third-order valence-electron chi connectivity index (χ3n) is 4.30. The van der Waals surface area contributed by atoms with E-state index in [2.05, 4.69) is 20.0 Å². The summed E-state index contributed by atoms with van der Waals surface area (Å²) >= 11 is 0. The van der Waals surface area contributed by atoms with Crippen molar-refractivity contribution in [3.05, 3.63) is 66.1 Å². The number of aromatic nitrogens is 3. The highest BCUT2D eigenvalue weighted by Crippen LogP contribution is 2.28. The van der Waals surface area contributed by atoms with Crippen LogP contribution in [0, 0.1) is 5.82 Å². The van der Waals surface area contributed by atoms with Gasteiger partial charge in [0.15, 0.2) is 0 Å². The Morgan fingerprint density at radius 3 is 2.92 bits per heavy atom. The second-order valence-electron chi connectivity index (χ2n) is 6.04. The number of nitrogens with zero attached hydrogens (tertiary/aromatic N) is 4. The Balaban J connectivity index is 1.43. The van der Waals surface area contributed by atoms with E-state index in [4.69, 9.17) is 4.52 Å². The highest BCUT2D eigenvalue weighted by atomic mass is 19.1. The minimum Gasteiger partial charge on any atom is -0.339 e. The van der Waals surface area contributed by atoms with Crippen LogP contribution in [-0.2, 0) is 6.54 Å². The van der Waals surface area contributed by atoms with Gasteiger partial charge in [0.2, 0.25) is 11.7 Å². The van der Waals surface area contributed by atoms with Gasteiger partial charge >= 0.3 is 0 Å². The highest BCUT2D eigenvalue weighted by Gasteiger charge is 2.28. The summed E-state index contributed by atoms with van der Waals surface area (Å²) in [6.07, 6.45) is 4.39. The van der Waals surface area contributed by atoms with Crippen LogP contribution in [0.15, 0.2) is 53.3 Å². The molecular formula is C18H17FN4O. The molecule has 1 fully saturated rings. The number of hydrogen-bond acceptors (Lipinski definition) is 5. The van der Waals surface area contributed by atoms with Crippen LogP contribution in [0.5, 0.6) is 0 Å². The van der Waals surface area contributed by atoms with Gasteiger partial charge in [0.05, 0.1) is 5.92 Å². The second kappa shape index (κ2) is 6.49. The van der Waals surface area contributed by atoms with Gasteiger partial charge in [-0.15, -0.1) is 0 Å². The summed E-state index contributed by atoms with van der Waals surface area (Å²) in [6.45, 7) is 2.52. The summed E-state index contributed by atoms with van der Waals surface area (Å²) in [5.74, 6) is 1.29. The Hall–Kier alpha value is -2.60. The first-order valence-corrected chi connectivity index (χ1v) is 7.99. The molecule has 3 heterocycles. The van der Waals surface area contributed by atoms with Crippen LogP contribution in [0.3, 0.4) is 0 Å². The van der Waals surface area contributed by atoms with Crippen molar-refractivity contribution in [1.82, 2.24) is 20.0 Å². The molecule has 5 nitrogen and oxygen atoms in total. The monoisotopic (exact) mass is 324 g/mol. The number of hydrogen-bond donors (Lipinski definition) is 0. The van der Waals surface area contributed by atoms with Crippen molar-refractivity contribution in [2.45, 2.75) is 18.9 Å². The zero-order valence-corrected chi connectivity index (χ0v) is 13.1. The van der Waals surface area contributed by atoms with E-state index in [9.17, 15) is 4.39 Å². The van der Waals surface area contributed by atoms with Crippen molar-refractivity contribution in [2.24, 2.45) is 0 Å². The van der Waals surface area contributed by atoms with Crippen molar-refractivity contribution in [3.63, 3.8) is 0 Å². The third kappa shape index (κ3) is 3.19. The molecule has 0 amide bonds. The van der Waals surface area contributed by atoms with Crippen LogP contribution in [0.4, 0.5) is 4.39 Å². The van der Waals surface area contributed by atoms with E-state index < -0.39 is 0 Å². The van der Waals surface area contributed by atoms with Crippen molar-refractivity contribution in [1.29, 1.82) is 0 Å². The molecule has 0 saturated carbocycles. The Morgan fingerprint density at radius 2 is 2.08 bits per heavy atom. The van der Waals surface area contributed by atoms with Gasteiger partial charge < -0.3 is 4.52 Å². The highest BCUT2D eigenvalue weighted by molar-refractivity contribution is 5.52. The number of likely N-dealkylation sites (tertiary alicyclic amines) is 1. The van der Waals surface area contributed by atoms with E-state index in [-0.39, 0.29) is 11.7 Å². The fraction of sp³-hybridized carbons (Fsp3) is 0.278. The molecule has 122 valence electrons. The Morgan fingerprint density at radius 1 is 1.21 bits per heavy atom. The molecule has 1 atom stereocenters. The molecular weight excluding hydrogens is 307 g/mol. The molecule has 1 unspecified atom stereocenters. The van der Waals surface area contributed by atoms with Crippen LogP contribution < -0.4 is 0 Å². The first-order chi connectivity index (χ1) is 11.8. The van der Waals surface area contributed by atoms with E-state index >= 15 is 0 Å². The van der Waals surface area contributed by atoms with Gasteiger partial charge in [-0.1, -0.05) is 17.3 Å². The van der Waals surface area contributed by atoms with Crippen molar-refractivity contribution in [3.8, 4) is 11.4 Å². The predicted octanol–water partition coefficient (Wildman–Crippen LogP) is 3.26. The van der Waals surface area contributed by atoms with Gasteiger partial charge in [0.25, 0.3) is 0 Å². The zero-order valence-electron chi connectivity index (χ0n) is 13.1. The number of halogens is 1. The summed E-state index contributed by atoms with van der Waals surface area (Å²) in [7, 11) is 0. The summed E-state index contributed by atoms with van der Waals surface area (Å²) in [4.78, 5) is 10.8. The topological polar surface area (TPSA) is 55.1 Å². The molecule has 0 bridgehead atoms. The molecule has 4 rings (SSSR count). The summed E-state index contributed by atoms with van der Waals surface area (Å²) < 4.78 is 18.7. The molecule has 0 spiro atoms. The fourth-order valence-corrected chi connectivity index (χ4v) is 3.09. The van der Waals surface area contributed by atoms with E-state index in [1.54, 1.807) is 24.5 Å². The number of pyridine rings is 1. The largest absolute Gasteiger partial charge is 0.339 e. The molecule has 24 heavy (non-hydrogen) atoms. The van der Waals surface area contributed by atoms with Crippen LogP contribution in [0.2, 0.25) is 0 Å². The summed E-state index contributed by atoms with van der Waals surface area (Å²) in [6, 6.07) is 10.5. The van der Waals surface area contributed by atoms with Crippen molar-refractivity contribution >= 4 is 0 Å². The summed E-state index contributed by atoms with van der Waals surface area (Å²) in [5.41, 5.74) is 1.88. The first kappa shape index (κ1) is 15.0.